The molecule has 0 aliphatic carbocycles. The Morgan fingerprint density at radius 2 is 2.14 bits per heavy atom. The topological polar surface area (TPSA) is 26.3 Å². The molecule has 0 aliphatic rings. The molecule has 0 N–H and O–H groups in total. The van der Waals surface area contributed by atoms with Crippen molar-refractivity contribution >= 4 is 17.7 Å². The number of benzene rings is 1. The van der Waals surface area contributed by atoms with Crippen LogP contribution in [0, 0.1) is 0 Å². The third-order valence-electron chi connectivity index (χ3n) is 2.03. The highest BCUT2D eigenvalue weighted by Gasteiger charge is 2.07. The number of aryl methyl sites for hydroxylation is 1. The summed E-state index contributed by atoms with van der Waals surface area (Å²) in [7, 11) is 1.40. The zero-order valence-corrected chi connectivity index (χ0v) is 9.48. The maximum absolute atomic E-state index is 11.3. The first kappa shape index (κ1) is 11.1. The Morgan fingerprint density at radius 1 is 1.43 bits per heavy atom. The molecule has 1 aromatic rings. The van der Waals surface area contributed by atoms with E-state index in [0.717, 1.165) is 16.9 Å². The molecule has 0 aliphatic heterocycles. The lowest BCUT2D eigenvalue weighted by molar-refractivity contribution is 0.0600. The number of carbonyl (C=O) groups excluding carboxylic acids is 1. The van der Waals surface area contributed by atoms with Gasteiger partial charge in [-0.25, -0.2) is 4.79 Å². The molecule has 1 aromatic carbocycles. The molecule has 1 rings (SSSR count). The van der Waals surface area contributed by atoms with E-state index in [0.29, 0.717) is 5.56 Å². The summed E-state index contributed by atoms with van der Waals surface area (Å²) in [6, 6.07) is 5.83. The Balaban J connectivity index is 3.10. The van der Waals surface area contributed by atoms with Crippen molar-refractivity contribution < 1.29 is 9.53 Å². The van der Waals surface area contributed by atoms with Crippen molar-refractivity contribution in [2.45, 2.75) is 18.2 Å². The van der Waals surface area contributed by atoms with Crippen molar-refractivity contribution in [2.75, 3.05) is 13.4 Å². The van der Waals surface area contributed by atoms with Gasteiger partial charge in [0.25, 0.3) is 0 Å². The van der Waals surface area contributed by atoms with Gasteiger partial charge in [-0.05, 0) is 36.4 Å². The van der Waals surface area contributed by atoms with Gasteiger partial charge in [-0.15, -0.1) is 11.8 Å². The number of thioether (sulfide) groups is 1. The van der Waals surface area contributed by atoms with Gasteiger partial charge in [0.15, 0.2) is 0 Å². The summed E-state index contributed by atoms with van der Waals surface area (Å²) in [4.78, 5) is 12.4. The Bertz CT molecular complexity index is 312. The number of rotatable bonds is 3. The molecule has 0 radical (unpaired) electrons. The van der Waals surface area contributed by atoms with E-state index in [1.54, 1.807) is 11.8 Å². The summed E-state index contributed by atoms with van der Waals surface area (Å²) in [6.45, 7) is 2.07. The summed E-state index contributed by atoms with van der Waals surface area (Å²) in [5.74, 6) is -0.268. The smallest absolute Gasteiger partial charge is 0.337 e. The molecule has 0 saturated heterocycles. The van der Waals surface area contributed by atoms with Crippen LogP contribution >= 0.6 is 11.8 Å². The van der Waals surface area contributed by atoms with Crippen molar-refractivity contribution in [1.82, 2.24) is 0 Å². The fourth-order valence-electron chi connectivity index (χ4n) is 1.22. The van der Waals surface area contributed by atoms with E-state index in [1.165, 1.54) is 7.11 Å². The van der Waals surface area contributed by atoms with Crippen LogP contribution in [-0.4, -0.2) is 19.3 Å². The largest absolute Gasteiger partial charge is 0.465 e. The van der Waals surface area contributed by atoms with Gasteiger partial charge in [-0.2, -0.15) is 0 Å². The van der Waals surface area contributed by atoms with E-state index in [9.17, 15) is 4.79 Å². The van der Waals surface area contributed by atoms with Crippen LogP contribution in [0.2, 0.25) is 0 Å². The van der Waals surface area contributed by atoms with Crippen molar-refractivity contribution in [3.63, 3.8) is 0 Å². The highest BCUT2D eigenvalue weighted by molar-refractivity contribution is 7.98. The average Bonchev–Trinajstić information content (AvgIpc) is 2.27. The number of esters is 1. The Hall–Kier alpha value is -0.960. The van der Waals surface area contributed by atoms with Crippen molar-refractivity contribution in [3.05, 3.63) is 29.3 Å². The highest BCUT2D eigenvalue weighted by Crippen LogP contribution is 2.19. The van der Waals surface area contributed by atoms with Gasteiger partial charge in [0.05, 0.1) is 12.7 Å². The quantitative estimate of drug-likeness (QED) is 0.567. The molecule has 0 fully saturated rings. The van der Waals surface area contributed by atoms with Gasteiger partial charge in [0, 0.05) is 4.90 Å². The van der Waals surface area contributed by atoms with Gasteiger partial charge in [-0.3, -0.25) is 0 Å². The van der Waals surface area contributed by atoms with E-state index < -0.39 is 0 Å². The fraction of sp³-hybridized carbons (Fsp3) is 0.364. The van der Waals surface area contributed by atoms with Crippen LogP contribution in [0.1, 0.15) is 22.8 Å². The maximum atomic E-state index is 11.3. The lowest BCUT2D eigenvalue weighted by atomic mass is 10.1. The average molecular weight is 210 g/mol. The van der Waals surface area contributed by atoms with Gasteiger partial charge >= 0.3 is 5.97 Å². The summed E-state index contributed by atoms with van der Waals surface area (Å²) in [5.41, 5.74) is 1.80. The number of methoxy groups -OCH3 is 1. The second-order valence-electron chi connectivity index (χ2n) is 2.91. The molecule has 0 saturated carbocycles. The molecule has 0 heterocycles. The summed E-state index contributed by atoms with van der Waals surface area (Å²) < 4.78 is 4.69. The van der Waals surface area contributed by atoms with Crippen molar-refractivity contribution in [3.8, 4) is 0 Å². The van der Waals surface area contributed by atoms with Crippen LogP contribution in [0.5, 0.6) is 0 Å². The zero-order valence-electron chi connectivity index (χ0n) is 8.66. The van der Waals surface area contributed by atoms with Crippen LogP contribution < -0.4 is 0 Å². The molecule has 0 spiro atoms. The molecule has 0 bridgehead atoms. The predicted octanol–water partition coefficient (Wildman–Crippen LogP) is 2.76. The van der Waals surface area contributed by atoms with E-state index in [2.05, 4.69) is 17.7 Å². The molecule has 3 heteroatoms. The van der Waals surface area contributed by atoms with E-state index in [-0.39, 0.29) is 5.97 Å². The first-order chi connectivity index (χ1) is 6.71. The number of hydrogen-bond donors (Lipinski definition) is 0. The molecule has 0 atom stereocenters. The van der Waals surface area contributed by atoms with Crippen molar-refractivity contribution in [2.24, 2.45) is 0 Å². The van der Waals surface area contributed by atoms with Crippen LogP contribution in [-0.2, 0) is 11.2 Å². The van der Waals surface area contributed by atoms with Crippen LogP contribution in [0.4, 0.5) is 0 Å². The van der Waals surface area contributed by atoms with Crippen LogP contribution in [0.25, 0.3) is 0 Å². The lowest BCUT2D eigenvalue weighted by Gasteiger charge is -2.05. The minimum Gasteiger partial charge on any atom is -0.465 e. The van der Waals surface area contributed by atoms with Gasteiger partial charge in [0.2, 0.25) is 0 Å². The monoisotopic (exact) mass is 210 g/mol. The molecule has 0 unspecified atom stereocenters. The fourth-order valence-corrected chi connectivity index (χ4v) is 1.73. The summed E-state index contributed by atoms with van der Waals surface area (Å²) >= 11 is 1.63. The second kappa shape index (κ2) is 5.05. The van der Waals surface area contributed by atoms with Gasteiger partial charge in [0.1, 0.15) is 0 Å². The third kappa shape index (κ3) is 2.51. The summed E-state index contributed by atoms with van der Waals surface area (Å²) in [6.07, 6.45) is 2.92. The zero-order chi connectivity index (χ0) is 10.6. The minimum atomic E-state index is -0.268. The van der Waals surface area contributed by atoms with Crippen LogP contribution in [0.15, 0.2) is 23.1 Å². The number of hydrogen-bond acceptors (Lipinski definition) is 3. The van der Waals surface area contributed by atoms with Crippen LogP contribution in [0.3, 0.4) is 0 Å². The Labute approximate surface area is 88.7 Å². The van der Waals surface area contributed by atoms with E-state index in [1.807, 2.05) is 18.4 Å². The standard InChI is InChI=1S/C11H14O2S/c1-4-8-5-9(11(12)13-2)7-10(6-8)14-3/h5-7H,4H2,1-3H3. The SMILES string of the molecule is CCc1cc(SC)cc(C(=O)OC)c1. The second-order valence-corrected chi connectivity index (χ2v) is 3.79. The molecular weight excluding hydrogens is 196 g/mol. The van der Waals surface area contributed by atoms with Gasteiger partial charge < -0.3 is 4.74 Å². The first-order valence-electron chi connectivity index (χ1n) is 4.47. The van der Waals surface area contributed by atoms with E-state index in [4.69, 9.17) is 0 Å². The first-order valence-corrected chi connectivity index (χ1v) is 5.70. The minimum absolute atomic E-state index is 0.268. The summed E-state index contributed by atoms with van der Waals surface area (Å²) in [5, 5.41) is 0. The molecule has 0 aromatic heterocycles. The number of carbonyl (C=O) groups is 1. The molecule has 76 valence electrons. The molecular formula is C11H14O2S. The normalized spacial score (nSPS) is 9.93. The molecule has 2 nitrogen and oxygen atoms in total. The molecule has 14 heavy (non-hydrogen) atoms. The van der Waals surface area contributed by atoms with Gasteiger partial charge in [-0.1, -0.05) is 6.92 Å². The number of ether oxygens (including phenoxy) is 1. The maximum Gasteiger partial charge on any atom is 0.337 e. The lowest BCUT2D eigenvalue weighted by Crippen LogP contribution is -2.02. The highest BCUT2D eigenvalue weighted by atomic mass is 32.2. The Morgan fingerprint density at radius 3 is 2.64 bits per heavy atom. The van der Waals surface area contributed by atoms with E-state index >= 15 is 0 Å². The Kier molecular flexibility index (Phi) is 4.01. The van der Waals surface area contributed by atoms with Crippen molar-refractivity contribution in [1.29, 1.82) is 0 Å². The third-order valence-corrected chi connectivity index (χ3v) is 2.74. The predicted molar refractivity (Wildman–Crippen MR) is 58.9 cm³/mol. The molecule has 0 amide bonds.